The molecule has 4 heteroatoms. The second-order valence-corrected chi connectivity index (χ2v) is 3.43. The largest absolute Gasteiger partial charge is 0.495 e. The average molecular weight is 218 g/mol. The van der Waals surface area contributed by atoms with E-state index in [1.54, 1.807) is 6.07 Å². The van der Waals surface area contributed by atoms with Crippen LogP contribution in [-0.2, 0) is 0 Å². The van der Waals surface area contributed by atoms with Crippen LogP contribution in [0.2, 0.25) is 5.02 Å². The van der Waals surface area contributed by atoms with Gasteiger partial charge in [-0.1, -0.05) is 18.5 Å². The number of ether oxygens (including phenoxy) is 1. The lowest BCUT2D eigenvalue weighted by Crippen LogP contribution is -2.11. The van der Waals surface area contributed by atoms with Crippen molar-refractivity contribution in [3.05, 3.63) is 28.5 Å². The fraction of sp³-hybridized carbons (Fsp3) is 0.400. The van der Waals surface area contributed by atoms with Gasteiger partial charge in [0.25, 0.3) is 0 Å². The predicted octanol–water partition coefficient (Wildman–Crippen LogP) is 2.90. The van der Waals surface area contributed by atoms with Crippen LogP contribution in [0.25, 0.3) is 0 Å². The number of benzene rings is 1. The lowest BCUT2D eigenvalue weighted by Gasteiger charge is -2.12. The summed E-state index contributed by atoms with van der Waals surface area (Å²) >= 11 is 5.74. The molecule has 1 unspecified atom stereocenters. The summed E-state index contributed by atoms with van der Waals surface area (Å²) in [6.07, 6.45) is 0.668. The fourth-order valence-corrected chi connectivity index (χ4v) is 1.43. The third-order valence-corrected chi connectivity index (χ3v) is 2.41. The minimum absolute atomic E-state index is 0.261. The van der Waals surface area contributed by atoms with E-state index in [0.717, 1.165) is 0 Å². The molecule has 0 bridgehead atoms. The first kappa shape index (κ1) is 11.3. The van der Waals surface area contributed by atoms with Crippen molar-refractivity contribution in [2.45, 2.75) is 19.4 Å². The smallest absolute Gasteiger partial charge is 0.137 e. The zero-order valence-electron chi connectivity index (χ0n) is 8.18. The summed E-state index contributed by atoms with van der Waals surface area (Å²) in [6.45, 7) is 1.89. The van der Waals surface area contributed by atoms with Crippen LogP contribution in [0, 0.1) is 5.82 Å². The van der Waals surface area contributed by atoms with Crippen LogP contribution in [0.15, 0.2) is 12.1 Å². The first-order chi connectivity index (χ1) is 6.60. The van der Waals surface area contributed by atoms with E-state index in [1.165, 1.54) is 13.2 Å². The highest BCUT2D eigenvalue weighted by atomic mass is 35.5. The predicted molar refractivity (Wildman–Crippen MR) is 55.2 cm³/mol. The number of hydrogen-bond donors (Lipinski definition) is 1. The lowest BCUT2D eigenvalue weighted by molar-refractivity contribution is 0.412. The van der Waals surface area contributed by atoms with Crippen molar-refractivity contribution in [2.75, 3.05) is 7.11 Å². The third kappa shape index (κ3) is 2.16. The topological polar surface area (TPSA) is 35.2 Å². The molecule has 0 saturated heterocycles. The second-order valence-electron chi connectivity index (χ2n) is 3.02. The zero-order valence-corrected chi connectivity index (χ0v) is 8.94. The maximum atomic E-state index is 13.4. The minimum Gasteiger partial charge on any atom is -0.495 e. The summed E-state index contributed by atoms with van der Waals surface area (Å²) in [5, 5.41) is 0.261. The van der Waals surface area contributed by atoms with Crippen molar-refractivity contribution in [3.8, 4) is 5.75 Å². The Balaban J connectivity index is 3.17. The van der Waals surface area contributed by atoms with Crippen molar-refractivity contribution in [2.24, 2.45) is 5.73 Å². The van der Waals surface area contributed by atoms with E-state index >= 15 is 0 Å². The van der Waals surface area contributed by atoms with E-state index in [1.807, 2.05) is 6.92 Å². The van der Waals surface area contributed by atoms with Crippen LogP contribution in [0.3, 0.4) is 0 Å². The highest BCUT2D eigenvalue weighted by molar-refractivity contribution is 6.32. The van der Waals surface area contributed by atoms with Crippen molar-refractivity contribution in [1.82, 2.24) is 0 Å². The van der Waals surface area contributed by atoms with Crippen LogP contribution in [0.5, 0.6) is 5.75 Å². The molecule has 14 heavy (non-hydrogen) atoms. The number of nitrogens with two attached hydrogens (primary N) is 1. The summed E-state index contributed by atoms with van der Waals surface area (Å²) in [7, 11) is 1.49. The first-order valence-corrected chi connectivity index (χ1v) is 4.76. The Morgan fingerprint density at radius 2 is 2.21 bits per heavy atom. The van der Waals surface area contributed by atoms with Crippen molar-refractivity contribution >= 4 is 11.6 Å². The first-order valence-electron chi connectivity index (χ1n) is 4.38. The molecule has 1 rings (SSSR count). The Labute approximate surface area is 87.8 Å². The highest BCUT2D eigenvalue weighted by Crippen LogP contribution is 2.30. The van der Waals surface area contributed by atoms with Crippen LogP contribution in [-0.4, -0.2) is 7.11 Å². The molecule has 2 nitrogen and oxygen atoms in total. The van der Waals surface area contributed by atoms with Crippen LogP contribution < -0.4 is 10.5 Å². The Bertz CT molecular complexity index is 330. The normalized spacial score (nSPS) is 12.6. The van der Waals surface area contributed by atoms with Crippen molar-refractivity contribution in [1.29, 1.82) is 0 Å². The minimum atomic E-state index is -0.384. The molecule has 0 amide bonds. The van der Waals surface area contributed by atoms with Gasteiger partial charge in [-0.3, -0.25) is 0 Å². The van der Waals surface area contributed by atoms with E-state index in [4.69, 9.17) is 22.1 Å². The van der Waals surface area contributed by atoms with Gasteiger partial charge in [0.05, 0.1) is 12.1 Å². The van der Waals surface area contributed by atoms with E-state index in [9.17, 15) is 4.39 Å². The Morgan fingerprint density at radius 1 is 1.57 bits per heavy atom. The van der Waals surface area contributed by atoms with E-state index in [2.05, 4.69) is 0 Å². The fourth-order valence-electron chi connectivity index (χ4n) is 1.21. The molecular formula is C10H13ClFNO. The molecule has 1 aromatic carbocycles. The van der Waals surface area contributed by atoms with Gasteiger partial charge in [-0.25, -0.2) is 4.39 Å². The van der Waals surface area contributed by atoms with Crippen LogP contribution >= 0.6 is 11.6 Å². The lowest BCUT2D eigenvalue weighted by atomic mass is 10.0. The zero-order chi connectivity index (χ0) is 10.7. The maximum Gasteiger partial charge on any atom is 0.137 e. The maximum absolute atomic E-state index is 13.4. The summed E-state index contributed by atoms with van der Waals surface area (Å²) in [5.41, 5.74) is 6.17. The van der Waals surface area contributed by atoms with Gasteiger partial charge in [0.15, 0.2) is 0 Å². The molecular weight excluding hydrogens is 205 g/mol. The van der Waals surface area contributed by atoms with E-state index in [-0.39, 0.29) is 16.9 Å². The molecule has 0 saturated carbocycles. The molecule has 0 radical (unpaired) electrons. The van der Waals surface area contributed by atoms with Crippen molar-refractivity contribution < 1.29 is 9.13 Å². The van der Waals surface area contributed by atoms with Gasteiger partial charge in [0, 0.05) is 11.6 Å². The van der Waals surface area contributed by atoms with E-state index in [0.29, 0.717) is 17.7 Å². The SMILES string of the molecule is CCC(N)c1cc(OC)c(Cl)cc1F. The second kappa shape index (κ2) is 4.62. The molecule has 0 aliphatic carbocycles. The van der Waals surface area contributed by atoms with Crippen LogP contribution in [0.4, 0.5) is 4.39 Å². The molecule has 0 aromatic heterocycles. The Morgan fingerprint density at radius 3 is 2.71 bits per heavy atom. The van der Waals surface area contributed by atoms with Gasteiger partial charge in [-0.2, -0.15) is 0 Å². The Hall–Kier alpha value is -0.800. The third-order valence-electron chi connectivity index (χ3n) is 2.11. The number of halogens is 2. The summed E-state index contributed by atoms with van der Waals surface area (Å²) in [5.74, 6) is 0.0668. The molecule has 78 valence electrons. The molecule has 0 fully saturated rings. The molecule has 0 spiro atoms. The van der Waals surface area contributed by atoms with Gasteiger partial charge in [-0.05, 0) is 18.6 Å². The van der Waals surface area contributed by atoms with Gasteiger partial charge < -0.3 is 10.5 Å². The number of methoxy groups -OCH3 is 1. The summed E-state index contributed by atoms with van der Waals surface area (Å²) in [6, 6.07) is 2.46. The van der Waals surface area contributed by atoms with Crippen molar-refractivity contribution in [3.63, 3.8) is 0 Å². The monoisotopic (exact) mass is 217 g/mol. The standard InChI is InChI=1S/C10H13ClFNO/c1-3-9(13)6-4-10(14-2)7(11)5-8(6)12/h4-5,9H,3,13H2,1-2H3. The van der Waals surface area contributed by atoms with Gasteiger partial charge >= 0.3 is 0 Å². The molecule has 0 aliphatic rings. The average Bonchev–Trinajstić information content (AvgIpc) is 2.17. The van der Waals surface area contributed by atoms with Gasteiger partial charge in [-0.15, -0.1) is 0 Å². The summed E-state index contributed by atoms with van der Waals surface area (Å²) < 4.78 is 18.4. The number of hydrogen-bond acceptors (Lipinski definition) is 2. The molecule has 1 atom stereocenters. The quantitative estimate of drug-likeness (QED) is 0.845. The summed E-state index contributed by atoms with van der Waals surface area (Å²) in [4.78, 5) is 0. The molecule has 2 N–H and O–H groups in total. The Kier molecular flexibility index (Phi) is 3.72. The van der Waals surface area contributed by atoms with E-state index < -0.39 is 0 Å². The molecule has 0 aliphatic heterocycles. The van der Waals surface area contributed by atoms with Gasteiger partial charge in [0.2, 0.25) is 0 Å². The number of rotatable bonds is 3. The highest BCUT2D eigenvalue weighted by Gasteiger charge is 2.13. The molecule has 0 heterocycles. The van der Waals surface area contributed by atoms with Gasteiger partial charge in [0.1, 0.15) is 11.6 Å². The molecule has 1 aromatic rings. The van der Waals surface area contributed by atoms with Crippen LogP contribution in [0.1, 0.15) is 24.9 Å².